The van der Waals surface area contributed by atoms with Gasteiger partial charge in [0.2, 0.25) is 5.91 Å². The Morgan fingerprint density at radius 1 is 1.16 bits per heavy atom. The van der Waals surface area contributed by atoms with Crippen LogP contribution in [0.2, 0.25) is 0 Å². The highest BCUT2D eigenvalue weighted by Gasteiger charge is 2.36. The number of amides is 1. The third kappa shape index (κ3) is 3.71. The van der Waals surface area contributed by atoms with E-state index in [0.717, 1.165) is 5.56 Å². The molecule has 0 unspecified atom stereocenters. The Kier molecular flexibility index (Phi) is 4.92. The molecule has 0 fully saturated rings. The summed E-state index contributed by atoms with van der Waals surface area (Å²) in [7, 11) is 0. The molecule has 0 heterocycles. The Morgan fingerprint density at radius 2 is 1.68 bits per heavy atom. The zero-order valence-corrected chi connectivity index (χ0v) is 11.1. The van der Waals surface area contributed by atoms with Gasteiger partial charge in [-0.15, -0.1) is 0 Å². The number of carboxylic acids is 1. The Hall–Kier alpha value is -2.04. The molecule has 0 spiro atoms. The van der Waals surface area contributed by atoms with Gasteiger partial charge in [0.1, 0.15) is 11.3 Å². The second-order valence-electron chi connectivity index (χ2n) is 4.49. The summed E-state index contributed by atoms with van der Waals surface area (Å²) in [5.74, 6) is -1.22. The fourth-order valence-electron chi connectivity index (χ4n) is 1.89. The number of phenolic OH excluding ortho intramolecular Hbond substituents is 1. The molecule has 5 nitrogen and oxygen atoms in total. The zero-order chi connectivity index (χ0) is 14.5. The lowest BCUT2D eigenvalue weighted by Gasteiger charge is -2.28. The lowest BCUT2D eigenvalue weighted by atomic mass is 9.92. The summed E-state index contributed by atoms with van der Waals surface area (Å²) in [5.41, 5.74) is -0.477. The monoisotopic (exact) mass is 265 g/mol. The van der Waals surface area contributed by atoms with Crippen LogP contribution >= 0.6 is 0 Å². The van der Waals surface area contributed by atoms with Gasteiger partial charge in [0.15, 0.2) is 0 Å². The van der Waals surface area contributed by atoms with Crippen molar-refractivity contribution >= 4 is 11.9 Å². The van der Waals surface area contributed by atoms with Crippen molar-refractivity contribution in [1.29, 1.82) is 0 Å². The summed E-state index contributed by atoms with van der Waals surface area (Å²) in [6, 6.07) is 6.25. The van der Waals surface area contributed by atoms with E-state index in [9.17, 15) is 14.7 Å². The molecule has 0 aliphatic rings. The van der Waals surface area contributed by atoms with Crippen LogP contribution in [0.15, 0.2) is 24.3 Å². The highest BCUT2D eigenvalue weighted by molar-refractivity contribution is 5.87. The summed E-state index contributed by atoms with van der Waals surface area (Å²) in [6.07, 6.45) is 0.760. The van der Waals surface area contributed by atoms with Crippen molar-refractivity contribution in [1.82, 2.24) is 5.32 Å². The van der Waals surface area contributed by atoms with E-state index in [0.29, 0.717) is 12.8 Å². The molecule has 0 radical (unpaired) electrons. The summed E-state index contributed by atoms with van der Waals surface area (Å²) in [5, 5.41) is 21.0. The van der Waals surface area contributed by atoms with Gasteiger partial charge in [-0.1, -0.05) is 26.0 Å². The van der Waals surface area contributed by atoms with Crippen LogP contribution in [-0.2, 0) is 16.0 Å². The van der Waals surface area contributed by atoms with E-state index in [2.05, 4.69) is 5.32 Å². The molecule has 0 saturated carbocycles. The van der Waals surface area contributed by atoms with Crippen LogP contribution in [0.4, 0.5) is 0 Å². The average molecular weight is 265 g/mol. The summed E-state index contributed by atoms with van der Waals surface area (Å²) < 4.78 is 0. The van der Waals surface area contributed by atoms with Gasteiger partial charge in [-0.25, -0.2) is 4.79 Å². The molecule has 0 aliphatic carbocycles. The van der Waals surface area contributed by atoms with Crippen molar-refractivity contribution in [2.24, 2.45) is 0 Å². The number of carbonyl (C=O) groups is 2. The summed E-state index contributed by atoms with van der Waals surface area (Å²) in [4.78, 5) is 23.2. The second-order valence-corrected chi connectivity index (χ2v) is 4.49. The molecule has 0 saturated heterocycles. The van der Waals surface area contributed by atoms with Crippen LogP contribution in [0.1, 0.15) is 32.3 Å². The van der Waals surface area contributed by atoms with E-state index >= 15 is 0 Å². The first kappa shape index (κ1) is 15.0. The summed E-state index contributed by atoms with van der Waals surface area (Å²) >= 11 is 0. The van der Waals surface area contributed by atoms with Gasteiger partial charge in [-0.3, -0.25) is 4.79 Å². The largest absolute Gasteiger partial charge is 0.508 e. The van der Waals surface area contributed by atoms with Crippen LogP contribution in [0.25, 0.3) is 0 Å². The zero-order valence-electron chi connectivity index (χ0n) is 11.1. The lowest BCUT2D eigenvalue weighted by Crippen LogP contribution is -2.54. The third-order valence-corrected chi connectivity index (χ3v) is 3.30. The van der Waals surface area contributed by atoms with Gasteiger partial charge in [-0.05, 0) is 30.5 Å². The molecule has 1 aromatic carbocycles. The first-order chi connectivity index (χ1) is 8.93. The van der Waals surface area contributed by atoms with E-state index in [1.54, 1.807) is 26.0 Å². The first-order valence-corrected chi connectivity index (χ1v) is 6.26. The van der Waals surface area contributed by atoms with Crippen molar-refractivity contribution in [3.05, 3.63) is 29.8 Å². The molecule has 0 bridgehead atoms. The molecule has 1 rings (SSSR count). The maximum absolute atomic E-state index is 11.9. The van der Waals surface area contributed by atoms with E-state index < -0.39 is 11.5 Å². The summed E-state index contributed by atoms with van der Waals surface area (Å²) in [6.45, 7) is 3.47. The van der Waals surface area contributed by atoms with Crippen LogP contribution in [0.3, 0.4) is 0 Å². The number of hydrogen-bond acceptors (Lipinski definition) is 3. The number of benzene rings is 1. The predicted octanol–water partition coefficient (Wildman–Crippen LogP) is 1.69. The van der Waals surface area contributed by atoms with Gasteiger partial charge >= 0.3 is 5.97 Å². The lowest BCUT2D eigenvalue weighted by molar-refractivity contribution is -0.148. The van der Waals surface area contributed by atoms with Gasteiger partial charge in [0.05, 0.1) is 6.42 Å². The fourth-order valence-corrected chi connectivity index (χ4v) is 1.89. The van der Waals surface area contributed by atoms with Crippen LogP contribution < -0.4 is 5.32 Å². The topological polar surface area (TPSA) is 86.6 Å². The number of carbonyl (C=O) groups excluding carboxylic acids is 1. The number of aliphatic carboxylic acids is 1. The standard InChI is InChI=1S/C14H19NO4/c1-3-14(4-2,13(18)19)15-12(17)9-10-5-7-11(16)8-6-10/h5-8,16H,3-4,9H2,1-2H3,(H,15,17)(H,18,19). The van der Waals surface area contributed by atoms with Crippen LogP contribution in [-0.4, -0.2) is 27.6 Å². The number of carboxylic acid groups (broad SMARTS) is 1. The van der Waals surface area contributed by atoms with Crippen LogP contribution in [0, 0.1) is 0 Å². The maximum atomic E-state index is 11.9. The Bertz CT molecular complexity index is 449. The van der Waals surface area contributed by atoms with E-state index in [1.165, 1.54) is 12.1 Å². The molecule has 1 aromatic rings. The number of nitrogens with one attached hydrogen (secondary N) is 1. The predicted molar refractivity (Wildman–Crippen MR) is 70.9 cm³/mol. The molecule has 0 aromatic heterocycles. The molecule has 1 amide bonds. The number of aromatic hydroxyl groups is 1. The normalized spacial score (nSPS) is 11.1. The van der Waals surface area contributed by atoms with Crippen molar-refractivity contribution in [3.8, 4) is 5.75 Å². The second kappa shape index (κ2) is 6.22. The minimum Gasteiger partial charge on any atom is -0.508 e. The van der Waals surface area contributed by atoms with Crippen molar-refractivity contribution in [2.75, 3.05) is 0 Å². The van der Waals surface area contributed by atoms with Gasteiger partial charge in [0, 0.05) is 0 Å². The van der Waals surface area contributed by atoms with Gasteiger partial charge in [-0.2, -0.15) is 0 Å². The molecule has 104 valence electrons. The highest BCUT2D eigenvalue weighted by Crippen LogP contribution is 2.16. The van der Waals surface area contributed by atoms with Crippen molar-refractivity contribution < 1.29 is 19.8 Å². The van der Waals surface area contributed by atoms with Crippen molar-refractivity contribution in [3.63, 3.8) is 0 Å². The Labute approximate surface area is 112 Å². The number of rotatable bonds is 6. The van der Waals surface area contributed by atoms with Crippen LogP contribution in [0.5, 0.6) is 5.75 Å². The minimum atomic E-state index is -1.20. The smallest absolute Gasteiger partial charge is 0.329 e. The number of phenols is 1. The van der Waals surface area contributed by atoms with Gasteiger partial charge < -0.3 is 15.5 Å². The first-order valence-electron chi connectivity index (χ1n) is 6.26. The Balaban J connectivity index is 2.73. The van der Waals surface area contributed by atoms with Gasteiger partial charge in [0.25, 0.3) is 0 Å². The molecule has 5 heteroatoms. The molecule has 3 N–H and O–H groups in total. The average Bonchev–Trinajstić information content (AvgIpc) is 2.38. The quantitative estimate of drug-likeness (QED) is 0.730. The maximum Gasteiger partial charge on any atom is 0.329 e. The molecule has 19 heavy (non-hydrogen) atoms. The molecule has 0 aliphatic heterocycles. The third-order valence-electron chi connectivity index (χ3n) is 3.30. The molecular weight excluding hydrogens is 246 g/mol. The highest BCUT2D eigenvalue weighted by atomic mass is 16.4. The minimum absolute atomic E-state index is 0.0926. The van der Waals surface area contributed by atoms with E-state index in [1.807, 2.05) is 0 Å². The molecular formula is C14H19NO4. The van der Waals surface area contributed by atoms with E-state index in [4.69, 9.17) is 5.11 Å². The fraction of sp³-hybridized carbons (Fsp3) is 0.429. The number of hydrogen-bond donors (Lipinski definition) is 3. The SMILES string of the molecule is CCC(CC)(NC(=O)Cc1ccc(O)cc1)C(=O)O. The Morgan fingerprint density at radius 3 is 2.11 bits per heavy atom. The van der Waals surface area contributed by atoms with Crippen molar-refractivity contribution in [2.45, 2.75) is 38.6 Å². The molecule has 0 atom stereocenters. The van der Waals surface area contributed by atoms with E-state index in [-0.39, 0.29) is 18.1 Å².